The first-order valence-corrected chi connectivity index (χ1v) is 16.9. The standard InChI is InChI=1S/C47H48N2/c1-10-35(11-2)33(5)18-17-19-38(36(12-3)13-4)30-34(6)48-41-26-22-37(23-27-41)39-24-28-45-43(31-39)44-32-40(47(7,8)9)25-29-46(44)49(45)42-20-15-14-16-21-42/h10-32,48H,1,3,5H2,2,4,6-9H3/b18-17-,34-30-,35-11+,36-13+,38-19+. The molecule has 0 aliphatic carbocycles. The van der Waals surface area contributed by atoms with Crippen LogP contribution in [0.1, 0.15) is 47.1 Å². The van der Waals surface area contributed by atoms with Crippen LogP contribution in [0.2, 0.25) is 0 Å². The molecule has 246 valence electrons. The van der Waals surface area contributed by atoms with Gasteiger partial charge in [0.25, 0.3) is 0 Å². The number of allylic oxidation sites excluding steroid dienone is 13. The number of rotatable bonds is 11. The number of nitrogens with zero attached hydrogens (tertiary/aromatic N) is 1. The molecule has 4 aromatic carbocycles. The Balaban J connectivity index is 1.46. The van der Waals surface area contributed by atoms with Crippen molar-refractivity contribution in [1.82, 2.24) is 4.57 Å². The number of aromatic nitrogens is 1. The van der Waals surface area contributed by atoms with Gasteiger partial charge in [-0.05, 0) is 120 Å². The molecule has 49 heavy (non-hydrogen) atoms. The van der Waals surface area contributed by atoms with Crippen molar-refractivity contribution in [3.63, 3.8) is 0 Å². The SMILES string of the molecule is C=C/C(=C\C)C(=C)\C=C/C=C(\C=C(\C)Nc1ccc(-c2ccc3c(c2)c2cc(C(C)(C)C)ccc2n3-c2ccccc2)cc1)C(/C=C)=C/C. The van der Waals surface area contributed by atoms with E-state index in [0.29, 0.717) is 0 Å². The molecule has 0 atom stereocenters. The van der Waals surface area contributed by atoms with Crippen molar-refractivity contribution in [2.45, 2.75) is 47.0 Å². The van der Waals surface area contributed by atoms with Crippen molar-refractivity contribution < 1.29 is 0 Å². The van der Waals surface area contributed by atoms with E-state index >= 15 is 0 Å². The molecule has 0 amide bonds. The van der Waals surface area contributed by atoms with Gasteiger partial charge in [-0.1, -0.05) is 126 Å². The highest BCUT2D eigenvalue weighted by atomic mass is 15.0. The summed E-state index contributed by atoms with van der Waals surface area (Å²) in [5.41, 5.74) is 13.5. The lowest BCUT2D eigenvalue weighted by atomic mass is 9.86. The van der Waals surface area contributed by atoms with Gasteiger partial charge in [0.1, 0.15) is 0 Å². The van der Waals surface area contributed by atoms with Crippen molar-refractivity contribution in [2.75, 3.05) is 5.32 Å². The monoisotopic (exact) mass is 640 g/mol. The van der Waals surface area contributed by atoms with Crippen LogP contribution in [0.15, 0.2) is 187 Å². The first-order chi connectivity index (χ1) is 23.6. The predicted octanol–water partition coefficient (Wildman–Crippen LogP) is 13.4. The molecule has 5 aromatic rings. The van der Waals surface area contributed by atoms with Gasteiger partial charge in [0.2, 0.25) is 0 Å². The Morgan fingerprint density at radius 1 is 0.714 bits per heavy atom. The summed E-state index contributed by atoms with van der Waals surface area (Å²) in [6.45, 7) is 25.0. The molecule has 1 aromatic heterocycles. The molecule has 2 heteroatoms. The second-order valence-corrected chi connectivity index (χ2v) is 13.3. The van der Waals surface area contributed by atoms with Crippen molar-refractivity contribution in [1.29, 1.82) is 0 Å². The van der Waals surface area contributed by atoms with E-state index in [1.165, 1.54) is 44.2 Å². The third-order valence-corrected chi connectivity index (χ3v) is 8.92. The first-order valence-electron chi connectivity index (χ1n) is 16.9. The van der Waals surface area contributed by atoms with Crippen LogP contribution in [0.25, 0.3) is 38.6 Å². The molecule has 0 unspecified atom stereocenters. The lowest BCUT2D eigenvalue weighted by Gasteiger charge is -2.19. The van der Waals surface area contributed by atoms with E-state index in [4.69, 9.17) is 0 Å². The topological polar surface area (TPSA) is 17.0 Å². The van der Waals surface area contributed by atoms with Gasteiger partial charge in [0.15, 0.2) is 0 Å². The Morgan fingerprint density at radius 2 is 1.33 bits per heavy atom. The number of anilines is 1. The summed E-state index contributed by atoms with van der Waals surface area (Å²) in [6.07, 6.45) is 16.0. The maximum Gasteiger partial charge on any atom is 0.0541 e. The van der Waals surface area contributed by atoms with E-state index in [9.17, 15) is 0 Å². The maximum absolute atomic E-state index is 4.16. The van der Waals surface area contributed by atoms with Crippen LogP contribution in [0.5, 0.6) is 0 Å². The Bertz CT molecular complexity index is 2170. The van der Waals surface area contributed by atoms with E-state index < -0.39 is 0 Å². The highest BCUT2D eigenvalue weighted by Crippen LogP contribution is 2.37. The molecule has 0 aliphatic heterocycles. The smallest absolute Gasteiger partial charge is 0.0541 e. The summed E-state index contributed by atoms with van der Waals surface area (Å²) in [5.74, 6) is 0. The van der Waals surface area contributed by atoms with Gasteiger partial charge < -0.3 is 9.88 Å². The molecule has 0 saturated carbocycles. The second-order valence-electron chi connectivity index (χ2n) is 13.3. The molecular formula is C47H48N2. The van der Waals surface area contributed by atoms with Gasteiger partial charge in [-0.25, -0.2) is 0 Å². The Labute approximate surface area is 293 Å². The molecule has 2 nitrogen and oxygen atoms in total. The van der Waals surface area contributed by atoms with Crippen LogP contribution >= 0.6 is 0 Å². The number of hydrogen-bond donors (Lipinski definition) is 1. The minimum Gasteiger partial charge on any atom is -0.359 e. The Kier molecular flexibility index (Phi) is 10.7. The number of hydrogen-bond acceptors (Lipinski definition) is 1. The van der Waals surface area contributed by atoms with Gasteiger partial charge in [-0.2, -0.15) is 0 Å². The van der Waals surface area contributed by atoms with Crippen LogP contribution in [0.3, 0.4) is 0 Å². The van der Waals surface area contributed by atoms with Crippen molar-refractivity contribution in [3.05, 3.63) is 193 Å². The summed E-state index contributed by atoms with van der Waals surface area (Å²) in [4.78, 5) is 0. The summed E-state index contributed by atoms with van der Waals surface area (Å²) in [5, 5.41) is 6.11. The van der Waals surface area contributed by atoms with E-state index in [0.717, 1.165) is 33.7 Å². The number of nitrogens with one attached hydrogen (secondary N) is 1. The number of benzene rings is 4. The fraction of sp³-hybridized carbons (Fsp3) is 0.149. The zero-order chi connectivity index (χ0) is 35.1. The van der Waals surface area contributed by atoms with Gasteiger partial charge in [-0.15, -0.1) is 0 Å². The van der Waals surface area contributed by atoms with Crippen molar-refractivity contribution >= 4 is 27.5 Å². The van der Waals surface area contributed by atoms with E-state index in [-0.39, 0.29) is 5.41 Å². The van der Waals surface area contributed by atoms with Gasteiger partial charge in [-0.3, -0.25) is 0 Å². The van der Waals surface area contributed by atoms with Crippen LogP contribution in [0.4, 0.5) is 5.69 Å². The van der Waals surface area contributed by atoms with Crippen LogP contribution in [-0.4, -0.2) is 4.57 Å². The van der Waals surface area contributed by atoms with Crippen LogP contribution in [0, 0.1) is 0 Å². The largest absolute Gasteiger partial charge is 0.359 e. The molecule has 0 aliphatic rings. The minimum atomic E-state index is 0.0621. The predicted molar refractivity (Wildman–Crippen MR) is 217 cm³/mol. The van der Waals surface area contributed by atoms with Crippen LogP contribution in [-0.2, 0) is 5.41 Å². The van der Waals surface area contributed by atoms with Gasteiger partial charge >= 0.3 is 0 Å². The van der Waals surface area contributed by atoms with Gasteiger partial charge in [0, 0.05) is 27.8 Å². The first kappa shape index (κ1) is 34.7. The summed E-state index contributed by atoms with van der Waals surface area (Å²) in [7, 11) is 0. The average molecular weight is 641 g/mol. The summed E-state index contributed by atoms with van der Waals surface area (Å²) >= 11 is 0. The lowest BCUT2D eigenvalue weighted by Crippen LogP contribution is -2.10. The van der Waals surface area contributed by atoms with E-state index in [1.807, 2.05) is 44.2 Å². The maximum atomic E-state index is 4.16. The molecular weight excluding hydrogens is 593 g/mol. The molecule has 0 saturated heterocycles. The van der Waals surface area contributed by atoms with Crippen molar-refractivity contribution in [3.8, 4) is 16.8 Å². The number of para-hydroxylation sites is 1. The molecule has 0 bridgehead atoms. The molecule has 0 radical (unpaired) electrons. The molecule has 1 N–H and O–H groups in total. The zero-order valence-electron chi connectivity index (χ0n) is 29.8. The fourth-order valence-corrected chi connectivity index (χ4v) is 6.20. The second kappa shape index (κ2) is 15.1. The zero-order valence-corrected chi connectivity index (χ0v) is 29.8. The van der Waals surface area contributed by atoms with Gasteiger partial charge in [0.05, 0.1) is 11.0 Å². The molecule has 5 rings (SSSR count). The summed E-state index contributed by atoms with van der Waals surface area (Å²) in [6, 6.07) is 33.1. The van der Waals surface area contributed by atoms with E-state index in [1.54, 1.807) is 0 Å². The van der Waals surface area contributed by atoms with Crippen molar-refractivity contribution in [2.24, 2.45) is 0 Å². The number of fused-ring (bicyclic) bond motifs is 3. The van der Waals surface area contributed by atoms with Crippen LogP contribution < -0.4 is 5.32 Å². The fourth-order valence-electron chi connectivity index (χ4n) is 6.20. The molecule has 1 heterocycles. The highest BCUT2D eigenvalue weighted by Gasteiger charge is 2.18. The lowest BCUT2D eigenvalue weighted by molar-refractivity contribution is 0.591. The Hall–Kier alpha value is -5.60. The highest BCUT2D eigenvalue weighted by molar-refractivity contribution is 6.10. The normalized spacial score (nSPS) is 13.3. The van der Waals surface area contributed by atoms with E-state index in [2.05, 4.69) is 167 Å². The third kappa shape index (κ3) is 7.77. The third-order valence-electron chi connectivity index (χ3n) is 8.92. The Morgan fingerprint density at radius 3 is 1.94 bits per heavy atom. The quantitative estimate of drug-likeness (QED) is 0.142. The molecule has 0 fully saturated rings. The average Bonchev–Trinajstić information content (AvgIpc) is 3.42. The molecule has 0 spiro atoms. The summed E-state index contributed by atoms with van der Waals surface area (Å²) < 4.78 is 2.38. The minimum absolute atomic E-state index is 0.0621.